The molecule has 0 unspecified atom stereocenters. The van der Waals surface area contributed by atoms with Crippen LogP contribution < -0.4 is 10.7 Å². The Kier molecular flexibility index (Phi) is 6.40. The van der Waals surface area contributed by atoms with E-state index in [-0.39, 0.29) is 11.3 Å². The molecule has 3 aromatic rings. The van der Waals surface area contributed by atoms with Crippen LogP contribution in [-0.4, -0.2) is 40.5 Å². The van der Waals surface area contributed by atoms with Crippen molar-refractivity contribution in [2.24, 2.45) is 5.10 Å². The van der Waals surface area contributed by atoms with Crippen molar-refractivity contribution in [3.63, 3.8) is 0 Å². The molecule has 0 aliphatic carbocycles. The minimum absolute atomic E-state index is 0.122. The van der Waals surface area contributed by atoms with Gasteiger partial charge in [0.05, 0.1) is 11.3 Å². The minimum atomic E-state index is -6.64. The predicted molar refractivity (Wildman–Crippen MR) is 109 cm³/mol. The second-order valence-corrected chi connectivity index (χ2v) is 7.07. The number of benzene rings is 2. The third kappa shape index (κ3) is 4.58. The van der Waals surface area contributed by atoms with E-state index >= 15 is 0 Å². The highest BCUT2D eigenvalue weighted by atomic mass is 19.4. The molecule has 180 valence electrons. The molecule has 2 aromatic carbocycles. The van der Waals surface area contributed by atoms with Crippen molar-refractivity contribution >= 4 is 34.1 Å². The third-order valence-electron chi connectivity index (χ3n) is 4.73. The number of alkyl halides is 7. The highest BCUT2D eigenvalue weighted by molar-refractivity contribution is 6.08. The number of fused-ring (bicyclic) bond motifs is 1. The third-order valence-corrected chi connectivity index (χ3v) is 4.73. The molecule has 0 saturated carbocycles. The van der Waals surface area contributed by atoms with Crippen LogP contribution in [0.5, 0.6) is 0 Å². The number of nitrogens with one attached hydrogen (secondary N) is 3. The van der Waals surface area contributed by atoms with E-state index in [1.807, 2.05) is 0 Å². The van der Waals surface area contributed by atoms with E-state index in [1.54, 1.807) is 24.3 Å². The van der Waals surface area contributed by atoms with Gasteiger partial charge >= 0.3 is 23.9 Å². The van der Waals surface area contributed by atoms with Gasteiger partial charge in [0.15, 0.2) is 0 Å². The highest BCUT2D eigenvalue weighted by Crippen LogP contribution is 2.46. The number of halogens is 7. The second kappa shape index (κ2) is 8.80. The molecule has 6 nitrogen and oxygen atoms in total. The smallest absolute Gasteiger partial charge is 0.360 e. The fraction of sp³-hybridized carbons (Fsp3) is 0.190. The first-order valence-electron chi connectivity index (χ1n) is 9.40. The van der Waals surface area contributed by atoms with E-state index in [1.165, 1.54) is 30.6 Å². The molecule has 3 N–H and O–H groups in total. The molecule has 3 rings (SSSR count). The number of aromatic amines is 1. The SMILES string of the molecule is C/C(=N/NC(=O)c1c[nH]c2ccccc12)c1cccc(NC(=O)C(F)(F)C(F)(F)C(F)(F)F)c1. The van der Waals surface area contributed by atoms with Crippen LogP contribution in [0.15, 0.2) is 59.8 Å². The summed E-state index contributed by atoms with van der Waals surface area (Å²) in [6, 6.07) is 11.6. The summed E-state index contributed by atoms with van der Waals surface area (Å²) >= 11 is 0. The van der Waals surface area contributed by atoms with Crippen molar-refractivity contribution in [3.8, 4) is 0 Å². The Hall–Kier alpha value is -3.90. The summed E-state index contributed by atoms with van der Waals surface area (Å²) < 4.78 is 90.0. The molecule has 0 spiro atoms. The Morgan fingerprint density at radius 1 is 0.941 bits per heavy atom. The van der Waals surface area contributed by atoms with Crippen LogP contribution in [0.2, 0.25) is 0 Å². The van der Waals surface area contributed by atoms with Crippen LogP contribution in [-0.2, 0) is 4.79 Å². The number of para-hydroxylation sites is 1. The number of nitrogens with zero attached hydrogens (tertiary/aromatic N) is 1. The molecule has 2 amide bonds. The van der Waals surface area contributed by atoms with E-state index < -0.39 is 35.5 Å². The topological polar surface area (TPSA) is 86.3 Å². The number of H-pyrrole nitrogens is 1. The van der Waals surface area contributed by atoms with Gasteiger partial charge in [0.2, 0.25) is 0 Å². The lowest BCUT2D eigenvalue weighted by atomic mass is 10.1. The molecule has 1 aromatic heterocycles. The van der Waals surface area contributed by atoms with Gasteiger partial charge in [-0.1, -0.05) is 30.3 Å². The van der Waals surface area contributed by atoms with Gasteiger partial charge in [-0.25, -0.2) is 5.43 Å². The average Bonchev–Trinajstić information content (AvgIpc) is 3.20. The van der Waals surface area contributed by atoms with Gasteiger partial charge in [-0.2, -0.15) is 35.8 Å². The lowest BCUT2D eigenvalue weighted by molar-refractivity contribution is -0.343. The summed E-state index contributed by atoms with van der Waals surface area (Å²) in [4.78, 5) is 26.9. The molecule has 13 heteroatoms. The number of anilines is 1. The molecule has 0 aliphatic rings. The predicted octanol–water partition coefficient (Wildman–Crippen LogP) is 5.09. The Morgan fingerprint density at radius 3 is 2.29 bits per heavy atom. The summed E-state index contributed by atoms with van der Waals surface area (Å²) in [5.41, 5.74) is 3.09. The van der Waals surface area contributed by atoms with Crippen LogP contribution in [0.4, 0.5) is 36.4 Å². The Bertz CT molecular complexity index is 1270. The molecule has 1 heterocycles. The average molecular weight is 488 g/mol. The van der Waals surface area contributed by atoms with Crippen LogP contribution in [0.25, 0.3) is 10.9 Å². The zero-order chi connectivity index (χ0) is 25.3. The van der Waals surface area contributed by atoms with Crippen LogP contribution in [0, 0.1) is 0 Å². The maximum Gasteiger partial charge on any atom is 0.460 e. The number of rotatable bonds is 6. The molecule has 0 fully saturated rings. The first-order valence-corrected chi connectivity index (χ1v) is 9.40. The minimum Gasteiger partial charge on any atom is -0.360 e. The summed E-state index contributed by atoms with van der Waals surface area (Å²) in [7, 11) is 0. The van der Waals surface area contributed by atoms with Gasteiger partial charge in [-0.15, -0.1) is 0 Å². The number of aromatic nitrogens is 1. The number of carbonyl (C=O) groups is 2. The molecule has 0 aliphatic heterocycles. The molecular formula is C21H15F7N4O2. The molecule has 34 heavy (non-hydrogen) atoms. The summed E-state index contributed by atoms with van der Waals surface area (Å²) in [5.74, 6) is -16.0. The van der Waals surface area contributed by atoms with Crippen molar-refractivity contribution in [2.75, 3.05) is 5.32 Å². The van der Waals surface area contributed by atoms with Gasteiger partial charge in [0.25, 0.3) is 5.91 Å². The van der Waals surface area contributed by atoms with Gasteiger partial charge in [-0.05, 0) is 30.7 Å². The maximum absolute atomic E-state index is 13.5. The van der Waals surface area contributed by atoms with E-state index in [2.05, 4.69) is 15.5 Å². The van der Waals surface area contributed by atoms with Crippen LogP contribution >= 0.6 is 0 Å². The van der Waals surface area contributed by atoms with Crippen LogP contribution in [0.3, 0.4) is 0 Å². The van der Waals surface area contributed by atoms with Crippen LogP contribution in [0.1, 0.15) is 22.8 Å². The zero-order valence-electron chi connectivity index (χ0n) is 17.1. The van der Waals surface area contributed by atoms with Crippen molar-refractivity contribution in [3.05, 3.63) is 65.9 Å². The Balaban J connectivity index is 1.75. The van der Waals surface area contributed by atoms with Gasteiger partial charge in [0, 0.05) is 22.8 Å². The van der Waals surface area contributed by atoms with Crippen molar-refractivity contribution < 1.29 is 40.3 Å². The summed E-state index contributed by atoms with van der Waals surface area (Å²) in [5, 5.41) is 5.85. The molecular weight excluding hydrogens is 473 g/mol. The summed E-state index contributed by atoms with van der Waals surface area (Å²) in [6.45, 7) is 1.41. The lowest BCUT2D eigenvalue weighted by Crippen LogP contribution is -2.57. The van der Waals surface area contributed by atoms with Gasteiger partial charge in [-0.3, -0.25) is 9.59 Å². The molecule has 0 atom stereocenters. The van der Waals surface area contributed by atoms with Gasteiger partial charge in [0.1, 0.15) is 0 Å². The molecule has 0 radical (unpaired) electrons. The molecule has 0 saturated heterocycles. The molecule has 0 bridgehead atoms. The van der Waals surface area contributed by atoms with E-state index in [9.17, 15) is 40.3 Å². The monoisotopic (exact) mass is 488 g/mol. The first kappa shape index (κ1) is 24.7. The zero-order valence-corrected chi connectivity index (χ0v) is 17.1. The van der Waals surface area contributed by atoms with E-state index in [0.29, 0.717) is 16.5 Å². The summed E-state index contributed by atoms with van der Waals surface area (Å²) in [6.07, 6.45) is -5.17. The maximum atomic E-state index is 13.5. The number of carbonyl (C=O) groups excluding carboxylic acids is 2. The lowest BCUT2D eigenvalue weighted by Gasteiger charge is -2.27. The van der Waals surface area contributed by atoms with Gasteiger partial charge < -0.3 is 10.3 Å². The fourth-order valence-electron chi connectivity index (χ4n) is 2.87. The Morgan fingerprint density at radius 2 is 1.62 bits per heavy atom. The number of amides is 2. The number of hydrogen-bond donors (Lipinski definition) is 3. The second-order valence-electron chi connectivity index (χ2n) is 7.07. The number of hydrogen-bond acceptors (Lipinski definition) is 3. The van der Waals surface area contributed by atoms with Crippen molar-refractivity contribution in [1.82, 2.24) is 10.4 Å². The standard InChI is InChI=1S/C21H15F7N4O2/c1-11(31-32-17(33)15-10-29-16-8-3-2-7-14(15)16)12-5-4-6-13(9-12)30-18(34)19(22,23)20(24,25)21(26,27)28/h2-10,29H,1H3,(H,30,34)(H,32,33)/b31-11-. The van der Waals surface area contributed by atoms with Crippen molar-refractivity contribution in [1.29, 1.82) is 0 Å². The first-order chi connectivity index (χ1) is 15.8. The van der Waals surface area contributed by atoms with Crippen molar-refractivity contribution in [2.45, 2.75) is 24.9 Å². The normalized spacial score (nSPS) is 13.1. The Labute approximate surface area is 186 Å². The van der Waals surface area contributed by atoms with E-state index in [0.717, 1.165) is 12.1 Å². The highest BCUT2D eigenvalue weighted by Gasteiger charge is 2.76. The fourth-order valence-corrected chi connectivity index (χ4v) is 2.87. The quantitative estimate of drug-likeness (QED) is 0.256. The number of hydrazone groups is 1. The largest absolute Gasteiger partial charge is 0.460 e. The van der Waals surface area contributed by atoms with E-state index in [4.69, 9.17) is 0 Å².